The fraction of sp³-hybridized carbons (Fsp3) is 0.357. The molecular formula is C28H32ClN5O3. The first-order valence-corrected chi connectivity index (χ1v) is 12.8. The Morgan fingerprint density at radius 2 is 1.76 bits per heavy atom. The van der Waals surface area contributed by atoms with Crippen molar-refractivity contribution in [1.29, 1.82) is 0 Å². The molecule has 8 nitrogen and oxygen atoms in total. The largest absolute Gasteiger partial charge is 0.383 e. The van der Waals surface area contributed by atoms with Gasteiger partial charge in [0.2, 0.25) is 5.91 Å². The van der Waals surface area contributed by atoms with Crippen molar-refractivity contribution in [3.05, 3.63) is 76.8 Å². The topological polar surface area (TPSA) is 78.9 Å². The summed E-state index contributed by atoms with van der Waals surface area (Å²) in [6, 6.07) is 18.8. The number of carbonyl (C=O) groups is 2. The van der Waals surface area contributed by atoms with Crippen LogP contribution in [0.3, 0.4) is 0 Å². The van der Waals surface area contributed by atoms with Crippen molar-refractivity contribution in [3.8, 4) is 11.3 Å². The van der Waals surface area contributed by atoms with Crippen molar-refractivity contribution >= 4 is 29.2 Å². The molecule has 0 radical (unpaired) electrons. The van der Waals surface area contributed by atoms with Crippen LogP contribution in [0.15, 0.2) is 60.7 Å². The lowest BCUT2D eigenvalue weighted by Gasteiger charge is -2.27. The maximum Gasteiger partial charge on any atom is 0.254 e. The number of aryl methyl sites for hydroxylation is 1. The molecule has 2 heterocycles. The third kappa shape index (κ3) is 6.64. The van der Waals surface area contributed by atoms with Crippen molar-refractivity contribution < 1.29 is 14.3 Å². The van der Waals surface area contributed by atoms with Crippen molar-refractivity contribution in [2.45, 2.75) is 13.3 Å². The van der Waals surface area contributed by atoms with Crippen LogP contribution >= 0.6 is 11.6 Å². The SMILES string of the molecule is COCCN(CC(=O)N1CCCN(c2ccc(-c3ccccc3Cl)nn2)CC1)C(=O)c1ccccc1C. The second kappa shape index (κ2) is 12.7. The van der Waals surface area contributed by atoms with E-state index >= 15 is 0 Å². The lowest BCUT2D eigenvalue weighted by Crippen LogP contribution is -2.45. The monoisotopic (exact) mass is 521 g/mol. The van der Waals surface area contributed by atoms with E-state index in [2.05, 4.69) is 15.1 Å². The van der Waals surface area contributed by atoms with Crippen molar-refractivity contribution in [2.75, 3.05) is 57.9 Å². The van der Waals surface area contributed by atoms with Crippen LogP contribution in [0.2, 0.25) is 5.02 Å². The van der Waals surface area contributed by atoms with Crippen LogP contribution in [0.4, 0.5) is 5.82 Å². The number of methoxy groups -OCH3 is 1. The molecule has 1 aliphatic rings. The highest BCUT2D eigenvalue weighted by Crippen LogP contribution is 2.26. The Morgan fingerprint density at radius 3 is 2.49 bits per heavy atom. The van der Waals surface area contributed by atoms with E-state index in [0.717, 1.165) is 35.6 Å². The zero-order valence-corrected chi connectivity index (χ0v) is 22.0. The fourth-order valence-electron chi connectivity index (χ4n) is 4.40. The highest BCUT2D eigenvalue weighted by atomic mass is 35.5. The number of anilines is 1. The molecule has 3 aromatic rings. The van der Waals surface area contributed by atoms with Crippen LogP contribution in [-0.2, 0) is 9.53 Å². The van der Waals surface area contributed by atoms with Crippen LogP contribution in [0, 0.1) is 6.92 Å². The number of carbonyl (C=O) groups excluding carboxylic acids is 2. The van der Waals surface area contributed by atoms with E-state index in [9.17, 15) is 9.59 Å². The van der Waals surface area contributed by atoms with E-state index in [0.29, 0.717) is 43.4 Å². The minimum Gasteiger partial charge on any atom is -0.383 e. The molecule has 1 saturated heterocycles. The summed E-state index contributed by atoms with van der Waals surface area (Å²) in [4.78, 5) is 32.0. The molecule has 0 unspecified atom stereocenters. The van der Waals surface area contributed by atoms with Crippen LogP contribution < -0.4 is 4.90 Å². The number of ether oxygens (including phenoxy) is 1. The number of rotatable bonds is 8. The lowest BCUT2D eigenvalue weighted by molar-refractivity contribution is -0.131. The molecule has 4 rings (SSSR count). The molecule has 0 aliphatic carbocycles. The molecule has 9 heteroatoms. The van der Waals surface area contributed by atoms with Gasteiger partial charge >= 0.3 is 0 Å². The summed E-state index contributed by atoms with van der Waals surface area (Å²) in [6.45, 7) is 5.19. The second-order valence-corrected chi connectivity index (χ2v) is 9.42. The van der Waals surface area contributed by atoms with Gasteiger partial charge in [0.05, 0.1) is 17.3 Å². The molecule has 37 heavy (non-hydrogen) atoms. The molecule has 0 bridgehead atoms. The minimum atomic E-state index is -0.158. The van der Waals surface area contributed by atoms with Gasteiger partial charge in [-0.15, -0.1) is 10.2 Å². The Labute approximate surface area is 222 Å². The van der Waals surface area contributed by atoms with E-state index in [1.807, 2.05) is 66.4 Å². The van der Waals surface area contributed by atoms with Crippen molar-refractivity contribution in [3.63, 3.8) is 0 Å². The van der Waals surface area contributed by atoms with Gasteiger partial charge in [0, 0.05) is 51.0 Å². The molecule has 1 aromatic heterocycles. The van der Waals surface area contributed by atoms with E-state index in [1.54, 1.807) is 18.1 Å². The molecule has 0 atom stereocenters. The van der Waals surface area contributed by atoms with E-state index in [1.165, 1.54) is 0 Å². The molecule has 1 aliphatic heterocycles. The third-order valence-electron chi connectivity index (χ3n) is 6.53. The van der Waals surface area contributed by atoms with Crippen molar-refractivity contribution in [2.24, 2.45) is 0 Å². The summed E-state index contributed by atoms with van der Waals surface area (Å²) in [5.41, 5.74) is 3.05. The zero-order valence-electron chi connectivity index (χ0n) is 21.3. The van der Waals surface area contributed by atoms with Gasteiger partial charge in [0.1, 0.15) is 6.54 Å². The van der Waals surface area contributed by atoms with Crippen LogP contribution in [-0.4, -0.2) is 84.8 Å². The van der Waals surface area contributed by atoms with E-state index in [4.69, 9.17) is 16.3 Å². The van der Waals surface area contributed by atoms with Crippen LogP contribution in [0.5, 0.6) is 0 Å². The average molecular weight is 522 g/mol. The maximum atomic E-state index is 13.3. The zero-order chi connectivity index (χ0) is 26.2. The molecule has 1 fully saturated rings. The fourth-order valence-corrected chi connectivity index (χ4v) is 4.64. The Bertz CT molecular complexity index is 1220. The lowest BCUT2D eigenvalue weighted by atomic mass is 10.1. The highest BCUT2D eigenvalue weighted by Gasteiger charge is 2.25. The number of hydrogen-bond acceptors (Lipinski definition) is 6. The first-order valence-electron chi connectivity index (χ1n) is 12.4. The molecule has 0 spiro atoms. The van der Waals surface area contributed by atoms with Gasteiger partial charge in [-0.05, 0) is 43.2 Å². The highest BCUT2D eigenvalue weighted by molar-refractivity contribution is 6.33. The predicted molar refractivity (Wildman–Crippen MR) is 145 cm³/mol. The molecule has 194 valence electrons. The smallest absolute Gasteiger partial charge is 0.254 e. The van der Waals surface area contributed by atoms with Gasteiger partial charge in [0.15, 0.2) is 5.82 Å². The molecule has 2 amide bonds. The Morgan fingerprint density at radius 1 is 0.973 bits per heavy atom. The molecule has 0 saturated carbocycles. The van der Waals surface area contributed by atoms with Crippen molar-refractivity contribution in [1.82, 2.24) is 20.0 Å². The average Bonchev–Trinajstić information content (AvgIpc) is 3.18. The first-order chi connectivity index (χ1) is 18.0. The Balaban J connectivity index is 1.39. The number of benzene rings is 2. The number of amides is 2. The normalized spacial score (nSPS) is 13.8. The Hall–Kier alpha value is -3.49. The number of hydrogen-bond donors (Lipinski definition) is 0. The molecule has 2 aromatic carbocycles. The quantitative estimate of drug-likeness (QED) is 0.447. The number of halogens is 1. The van der Waals surface area contributed by atoms with Gasteiger partial charge in [-0.3, -0.25) is 9.59 Å². The summed E-state index contributed by atoms with van der Waals surface area (Å²) in [7, 11) is 1.59. The Kier molecular flexibility index (Phi) is 9.09. The second-order valence-electron chi connectivity index (χ2n) is 9.01. The maximum absolute atomic E-state index is 13.3. The van der Waals surface area contributed by atoms with Crippen LogP contribution in [0.25, 0.3) is 11.3 Å². The summed E-state index contributed by atoms with van der Waals surface area (Å²) in [5, 5.41) is 9.44. The van der Waals surface area contributed by atoms with Crippen LogP contribution in [0.1, 0.15) is 22.3 Å². The predicted octanol–water partition coefficient (Wildman–Crippen LogP) is 3.93. The first kappa shape index (κ1) is 26.6. The van der Waals surface area contributed by atoms with Gasteiger partial charge in [-0.25, -0.2) is 0 Å². The van der Waals surface area contributed by atoms with Gasteiger partial charge in [-0.1, -0.05) is 48.0 Å². The molecule has 0 N–H and O–H groups in total. The summed E-state index contributed by atoms with van der Waals surface area (Å²) in [6.07, 6.45) is 0.795. The number of aromatic nitrogens is 2. The minimum absolute atomic E-state index is 0.0167. The van der Waals surface area contributed by atoms with E-state index in [-0.39, 0.29) is 18.4 Å². The van der Waals surface area contributed by atoms with Gasteiger partial charge in [-0.2, -0.15) is 0 Å². The molecular weight excluding hydrogens is 490 g/mol. The standard InChI is InChI=1S/C28H32ClN5O3/c1-21-8-3-4-9-22(21)28(36)34(18-19-37-2)20-27(35)33-15-7-14-32(16-17-33)26-13-12-25(30-31-26)23-10-5-6-11-24(23)29/h3-6,8-13H,7,14-20H2,1-2H3. The van der Waals surface area contributed by atoms with Gasteiger partial charge in [0.25, 0.3) is 5.91 Å². The number of nitrogens with zero attached hydrogens (tertiary/aromatic N) is 5. The van der Waals surface area contributed by atoms with E-state index < -0.39 is 0 Å². The summed E-state index contributed by atoms with van der Waals surface area (Å²) in [5.74, 6) is 0.537. The summed E-state index contributed by atoms with van der Waals surface area (Å²) >= 11 is 6.29. The third-order valence-corrected chi connectivity index (χ3v) is 6.86. The summed E-state index contributed by atoms with van der Waals surface area (Å²) < 4.78 is 5.20. The van der Waals surface area contributed by atoms with Gasteiger partial charge < -0.3 is 19.4 Å².